The molecule has 0 aromatic heterocycles. The second kappa shape index (κ2) is 10.0. The van der Waals surface area contributed by atoms with Gasteiger partial charge in [0.25, 0.3) is 5.69 Å². The van der Waals surface area contributed by atoms with Gasteiger partial charge in [0.2, 0.25) is 15.9 Å². The zero-order chi connectivity index (χ0) is 21.4. The van der Waals surface area contributed by atoms with Gasteiger partial charge in [-0.2, -0.15) is 0 Å². The fourth-order valence-electron chi connectivity index (χ4n) is 2.28. The van der Waals surface area contributed by atoms with Crippen molar-refractivity contribution in [1.82, 2.24) is 10.0 Å². The summed E-state index contributed by atoms with van der Waals surface area (Å²) in [6.45, 7) is -0.0743. The molecule has 0 radical (unpaired) electrons. The summed E-state index contributed by atoms with van der Waals surface area (Å²) in [6, 6.07) is 9.64. The molecule has 0 aliphatic carbocycles. The smallest absolute Gasteiger partial charge is 0.270 e. The van der Waals surface area contributed by atoms with Crippen molar-refractivity contribution in [2.24, 2.45) is 0 Å². The van der Waals surface area contributed by atoms with Gasteiger partial charge in [0.05, 0.1) is 16.9 Å². The molecule has 2 aromatic carbocycles. The van der Waals surface area contributed by atoms with E-state index in [-0.39, 0.29) is 23.7 Å². The van der Waals surface area contributed by atoms with Crippen LogP contribution in [-0.2, 0) is 14.8 Å². The number of hydrogen-bond acceptors (Lipinski definition) is 6. The Bertz CT molecular complexity index is 1040. The van der Waals surface area contributed by atoms with Crippen molar-refractivity contribution in [2.75, 3.05) is 20.2 Å². The molecule has 9 nitrogen and oxygen atoms in total. The lowest BCUT2D eigenvalue weighted by Crippen LogP contribution is -2.34. The third kappa shape index (κ3) is 6.56. The van der Waals surface area contributed by atoms with Gasteiger partial charge in [-0.3, -0.25) is 14.9 Å². The zero-order valence-corrected chi connectivity index (χ0v) is 16.9. The van der Waals surface area contributed by atoms with Gasteiger partial charge in [-0.1, -0.05) is 17.7 Å². The quantitative estimate of drug-likeness (QED) is 0.267. The van der Waals surface area contributed by atoms with E-state index < -0.39 is 20.9 Å². The monoisotopic (exact) mass is 439 g/mol. The molecule has 1 amide bonds. The standard InChI is InChI=1S/C18H18ClN3O6S/c1-28-17-7-6-14(19)11-13(17)5-8-18(23)20-9-10-21-29(26,27)16-4-2-3-15(12-16)22(24)25/h2-8,11-12,21H,9-10H2,1H3,(H,20,23)/b8-5+. The summed E-state index contributed by atoms with van der Waals surface area (Å²) >= 11 is 5.92. The highest BCUT2D eigenvalue weighted by atomic mass is 35.5. The maximum Gasteiger partial charge on any atom is 0.270 e. The Hall–Kier alpha value is -2.95. The fraction of sp³-hybridized carbons (Fsp3) is 0.167. The van der Waals surface area contributed by atoms with Gasteiger partial charge in [0, 0.05) is 41.9 Å². The Morgan fingerprint density at radius 2 is 2.00 bits per heavy atom. The number of carbonyl (C=O) groups is 1. The summed E-state index contributed by atoms with van der Waals surface area (Å²) in [5, 5.41) is 13.8. The Morgan fingerprint density at radius 1 is 1.24 bits per heavy atom. The SMILES string of the molecule is COc1ccc(Cl)cc1/C=C/C(=O)NCCNS(=O)(=O)c1cccc([N+](=O)[O-])c1. The van der Waals surface area contributed by atoms with Crippen LogP contribution >= 0.6 is 11.6 Å². The molecule has 29 heavy (non-hydrogen) atoms. The molecule has 154 valence electrons. The molecule has 2 aromatic rings. The van der Waals surface area contributed by atoms with E-state index in [1.165, 1.54) is 37.5 Å². The highest BCUT2D eigenvalue weighted by Crippen LogP contribution is 2.23. The normalized spacial score (nSPS) is 11.4. The minimum atomic E-state index is -3.94. The third-order valence-electron chi connectivity index (χ3n) is 3.66. The third-order valence-corrected chi connectivity index (χ3v) is 5.35. The van der Waals surface area contributed by atoms with Gasteiger partial charge in [-0.15, -0.1) is 0 Å². The van der Waals surface area contributed by atoms with Crippen molar-refractivity contribution in [3.63, 3.8) is 0 Å². The van der Waals surface area contributed by atoms with E-state index >= 15 is 0 Å². The number of hydrogen-bond donors (Lipinski definition) is 2. The number of nitro groups is 1. The van der Waals surface area contributed by atoms with Crippen LogP contribution in [0.1, 0.15) is 5.56 Å². The van der Waals surface area contributed by atoms with E-state index in [9.17, 15) is 23.3 Å². The van der Waals surface area contributed by atoms with Gasteiger partial charge in [-0.25, -0.2) is 13.1 Å². The summed E-state index contributed by atoms with van der Waals surface area (Å²) in [5.74, 6) is 0.102. The van der Waals surface area contributed by atoms with E-state index in [4.69, 9.17) is 16.3 Å². The summed E-state index contributed by atoms with van der Waals surface area (Å²) < 4.78 is 31.8. The molecule has 0 fully saturated rings. The number of nitrogens with one attached hydrogen (secondary N) is 2. The minimum Gasteiger partial charge on any atom is -0.496 e. The topological polar surface area (TPSA) is 128 Å². The summed E-state index contributed by atoms with van der Waals surface area (Å²) in [6.07, 6.45) is 2.79. The second-order valence-electron chi connectivity index (χ2n) is 5.66. The van der Waals surface area contributed by atoms with E-state index in [0.29, 0.717) is 16.3 Å². The Kier molecular flexibility index (Phi) is 7.71. The lowest BCUT2D eigenvalue weighted by atomic mass is 10.2. The number of ether oxygens (including phenoxy) is 1. The number of nitro benzene ring substituents is 1. The summed E-state index contributed by atoms with van der Waals surface area (Å²) in [4.78, 5) is 21.7. The molecule has 0 unspecified atom stereocenters. The predicted molar refractivity (Wildman–Crippen MR) is 108 cm³/mol. The van der Waals surface area contributed by atoms with Crippen molar-refractivity contribution in [3.8, 4) is 5.75 Å². The minimum absolute atomic E-state index is 0.0179. The number of rotatable bonds is 9. The van der Waals surface area contributed by atoms with Crippen LogP contribution in [-0.4, -0.2) is 39.4 Å². The maximum absolute atomic E-state index is 12.2. The van der Waals surface area contributed by atoms with Crippen LogP contribution in [0, 0.1) is 10.1 Å². The van der Waals surface area contributed by atoms with Gasteiger partial charge in [0.15, 0.2) is 0 Å². The number of benzene rings is 2. The average molecular weight is 440 g/mol. The molecule has 0 saturated heterocycles. The van der Waals surface area contributed by atoms with Crippen molar-refractivity contribution < 1.29 is 22.9 Å². The molecular weight excluding hydrogens is 422 g/mol. The predicted octanol–water partition coefficient (Wildman–Crippen LogP) is 2.36. The number of non-ortho nitro benzene ring substituents is 1. The maximum atomic E-state index is 12.2. The molecule has 11 heteroatoms. The average Bonchev–Trinajstić information content (AvgIpc) is 2.70. The lowest BCUT2D eigenvalue weighted by molar-refractivity contribution is -0.385. The number of amides is 1. The molecule has 0 saturated carbocycles. The number of nitrogens with zero attached hydrogens (tertiary/aromatic N) is 1. The van der Waals surface area contributed by atoms with E-state index in [0.717, 1.165) is 6.07 Å². The highest BCUT2D eigenvalue weighted by Gasteiger charge is 2.17. The Morgan fingerprint density at radius 3 is 2.69 bits per heavy atom. The van der Waals surface area contributed by atoms with Crippen LogP contribution in [0.4, 0.5) is 5.69 Å². The first-order valence-electron chi connectivity index (χ1n) is 8.26. The summed E-state index contributed by atoms with van der Waals surface area (Å²) in [7, 11) is -2.44. The van der Waals surface area contributed by atoms with Crippen LogP contribution in [0.2, 0.25) is 5.02 Å². The molecule has 2 N–H and O–H groups in total. The van der Waals surface area contributed by atoms with Crippen LogP contribution < -0.4 is 14.8 Å². The van der Waals surface area contributed by atoms with Crippen LogP contribution in [0.25, 0.3) is 6.08 Å². The largest absolute Gasteiger partial charge is 0.496 e. The molecule has 0 heterocycles. The van der Waals surface area contributed by atoms with Gasteiger partial charge in [-0.05, 0) is 30.3 Å². The van der Waals surface area contributed by atoms with Gasteiger partial charge in [0.1, 0.15) is 5.75 Å². The van der Waals surface area contributed by atoms with E-state index in [2.05, 4.69) is 10.0 Å². The first-order chi connectivity index (χ1) is 13.7. The lowest BCUT2D eigenvalue weighted by Gasteiger charge is -2.07. The first kappa shape index (κ1) is 22.3. The molecule has 0 spiro atoms. The Balaban J connectivity index is 1.88. The van der Waals surface area contributed by atoms with Gasteiger partial charge < -0.3 is 10.1 Å². The number of carbonyl (C=O) groups excluding carboxylic acids is 1. The van der Waals surface area contributed by atoms with Crippen molar-refractivity contribution in [1.29, 1.82) is 0 Å². The van der Waals surface area contributed by atoms with Crippen LogP contribution in [0.5, 0.6) is 5.75 Å². The molecule has 2 rings (SSSR count). The van der Waals surface area contributed by atoms with Crippen molar-refractivity contribution in [3.05, 3.63) is 69.2 Å². The van der Waals surface area contributed by atoms with E-state index in [1.54, 1.807) is 18.2 Å². The van der Waals surface area contributed by atoms with Crippen LogP contribution in [0.3, 0.4) is 0 Å². The number of halogens is 1. The zero-order valence-electron chi connectivity index (χ0n) is 15.3. The molecular formula is C18H18ClN3O6S. The molecule has 0 aliphatic heterocycles. The number of sulfonamides is 1. The fourth-order valence-corrected chi connectivity index (χ4v) is 3.53. The van der Waals surface area contributed by atoms with Gasteiger partial charge >= 0.3 is 0 Å². The molecule has 0 bridgehead atoms. The second-order valence-corrected chi connectivity index (χ2v) is 7.87. The first-order valence-corrected chi connectivity index (χ1v) is 10.1. The van der Waals surface area contributed by atoms with Crippen molar-refractivity contribution in [2.45, 2.75) is 4.90 Å². The van der Waals surface area contributed by atoms with Crippen LogP contribution in [0.15, 0.2) is 53.4 Å². The number of methoxy groups -OCH3 is 1. The highest BCUT2D eigenvalue weighted by molar-refractivity contribution is 7.89. The van der Waals surface area contributed by atoms with Crippen molar-refractivity contribution >= 4 is 39.3 Å². The molecule has 0 aliphatic rings. The van der Waals surface area contributed by atoms with E-state index in [1.807, 2.05) is 0 Å². The Labute approximate surface area is 172 Å². The summed E-state index contributed by atoms with van der Waals surface area (Å²) in [5.41, 5.74) is 0.282. The molecule has 0 atom stereocenters.